The summed E-state index contributed by atoms with van der Waals surface area (Å²) in [5.74, 6) is 1.90. The lowest BCUT2D eigenvalue weighted by atomic mass is 9.76. The van der Waals surface area contributed by atoms with Gasteiger partial charge in [-0.3, -0.25) is 4.99 Å². The van der Waals surface area contributed by atoms with Gasteiger partial charge in [-0.15, -0.1) is 26.0 Å². The van der Waals surface area contributed by atoms with Crippen LogP contribution in [0.1, 0.15) is 173 Å². The number of allylic oxidation sites excluding steroid dienone is 6. The van der Waals surface area contributed by atoms with E-state index >= 15 is 0 Å². The average Bonchev–Trinajstić information content (AvgIpc) is 3.11. The first kappa shape index (κ1) is 58.8. The molecule has 0 saturated heterocycles. The maximum Gasteiger partial charge on any atom is 0.0635 e. The SMILES string of the molecule is C#C.C=C.C=C(C)C(C)(C)c1ccc(C/C=C(N=CC)\C(C)=C(/C)NC(/C=C\C)=C/N)cc1C.CC.CC(C)C.CC1CCC1.CCCC(C)(C)CC. The van der Waals surface area contributed by atoms with E-state index in [1.807, 2.05) is 53.0 Å². The summed E-state index contributed by atoms with van der Waals surface area (Å²) in [5.41, 5.74) is 15.3. The molecule has 3 heteroatoms. The van der Waals surface area contributed by atoms with Crippen molar-refractivity contribution < 1.29 is 0 Å². The van der Waals surface area contributed by atoms with Crippen molar-refractivity contribution in [1.82, 2.24) is 5.32 Å². The van der Waals surface area contributed by atoms with Gasteiger partial charge in [0.1, 0.15) is 0 Å². The standard InChI is InChI=1S/C27H39N3.C8H18.C5H10.C4H10.C2H6.C2H4.C2H2/c1-10-12-24(18-28)30-22(7)21(6)26(29-11-2)16-14-23-13-15-25(20(5)17-23)27(8,9)19(3)4;1-5-7-8(3,4)6-2;1-5-3-2-4-5;1-4(2)3;3*1-2/h10-13,15-18,30H,3,14,28H2,1-2,4-9H3;5-7H2,1-4H3;5H,2-4H2,1H3;4H,1-3H3;1-2H3;1-2H2;1-2H/b12-10-,22-21+,24-18+,26-16+,29-11?;;;;;;. The number of nitrogens with two attached hydrogens (primary N) is 1. The van der Waals surface area contributed by atoms with Crippen molar-refractivity contribution in [2.45, 2.75) is 175 Å². The van der Waals surface area contributed by atoms with Crippen molar-refractivity contribution in [1.29, 1.82) is 0 Å². The Bertz CT molecular complexity index is 1240. The predicted octanol–water partition coefficient (Wildman–Crippen LogP) is 15.4. The molecule has 2 rings (SSSR count). The van der Waals surface area contributed by atoms with Gasteiger partial charge in [0.05, 0.1) is 11.4 Å². The van der Waals surface area contributed by atoms with Crippen molar-refractivity contribution in [2.75, 3.05) is 0 Å². The van der Waals surface area contributed by atoms with Crippen molar-refractivity contribution in [2.24, 2.45) is 28.0 Å². The molecular formula is C50H89N3. The molecule has 304 valence electrons. The lowest BCUT2D eigenvalue weighted by Gasteiger charge is -2.28. The minimum Gasteiger partial charge on any atom is -0.403 e. The Hall–Kier alpha value is -3.51. The molecule has 3 N–H and O–H groups in total. The quantitative estimate of drug-likeness (QED) is 0.0973. The Kier molecular flexibility index (Phi) is 39.4. The van der Waals surface area contributed by atoms with E-state index in [2.05, 4.69) is 157 Å². The van der Waals surface area contributed by atoms with Gasteiger partial charge in [-0.25, -0.2) is 0 Å². The Morgan fingerprint density at radius 1 is 1.02 bits per heavy atom. The van der Waals surface area contributed by atoms with Crippen molar-refractivity contribution in [3.8, 4) is 12.8 Å². The van der Waals surface area contributed by atoms with Gasteiger partial charge < -0.3 is 11.1 Å². The van der Waals surface area contributed by atoms with Gasteiger partial charge in [0.25, 0.3) is 0 Å². The van der Waals surface area contributed by atoms with Crippen LogP contribution < -0.4 is 11.1 Å². The Labute approximate surface area is 333 Å². The van der Waals surface area contributed by atoms with Crippen LogP contribution in [0.15, 0.2) is 95.6 Å². The van der Waals surface area contributed by atoms with Crippen LogP contribution in [0, 0.1) is 37.0 Å². The molecule has 0 radical (unpaired) electrons. The molecule has 1 saturated carbocycles. The van der Waals surface area contributed by atoms with E-state index in [0.29, 0.717) is 5.41 Å². The van der Waals surface area contributed by atoms with Crippen molar-refractivity contribution in [3.63, 3.8) is 0 Å². The fraction of sp³-hybridized carbons (Fsp3) is 0.580. The van der Waals surface area contributed by atoms with E-state index in [1.54, 1.807) is 6.20 Å². The van der Waals surface area contributed by atoms with Crippen LogP contribution >= 0.6 is 0 Å². The fourth-order valence-corrected chi connectivity index (χ4v) is 4.73. The highest BCUT2D eigenvalue weighted by Crippen LogP contribution is 2.33. The van der Waals surface area contributed by atoms with Crippen molar-refractivity contribution >= 4 is 6.21 Å². The summed E-state index contributed by atoms with van der Waals surface area (Å²) in [6.07, 6.45) is 26.8. The highest BCUT2D eigenvalue weighted by molar-refractivity contribution is 5.57. The van der Waals surface area contributed by atoms with E-state index in [9.17, 15) is 0 Å². The summed E-state index contributed by atoms with van der Waals surface area (Å²) in [5, 5.41) is 3.35. The van der Waals surface area contributed by atoms with E-state index in [-0.39, 0.29) is 5.41 Å². The number of hydrogen-bond donors (Lipinski definition) is 2. The smallest absolute Gasteiger partial charge is 0.0635 e. The lowest BCUT2D eigenvalue weighted by Crippen LogP contribution is -2.19. The van der Waals surface area contributed by atoms with Crippen LogP contribution in [0.5, 0.6) is 0 Å². The maximum absolute atomic E-state index is 5.70. The molecule has 0 aromatic heterocycles. The van der Waals surface area contributed by atoms with Crippen LogP contribution in [-0.2, 0) is 11.8 Å². The largest absolute Gasteiger partial charge is 0.403 e. The van der Waals surface area contributed by atoms with Crippen LogP contribution in [0.25, 0.3) is 0 Å². The number of hydrogen-bond acceptors (Lipinski definition) is 3. The summed E-state index contributed by atoms with van der Waals surface area (Å²) in [4.78, 5) is 4.60. The van der Waals surface area contributed by atoms with Gasteiger partial charge in [0, 0.05) is 23.5 Å². The molecule has 0 atom stereocenters. The third-order valence-corrected chi connectivity index (χ3v) is 8.91. The van der Waals surface area contributed by atoms with Gasteiger partial charge >= 0.3 is 0 Å². The van der Waals surface area contributed by atoms with E-state index in [4.69, 9.17) is 5.73 Å². The second-order valence-electron chi connectivity index (χ2n) is 15.3. The Morgan fingerprint density at radius 3 is 1.81 bits per heavy atom. The molecule has 1 aliphatic rings. The molecule has 0 bridgehead atoms. The van der Waals surface area contributed by atoms with Crippen LogP contribution in [0.2, 0.25) is 0 Å². The zero-order chi connectivity index (χ0) is 42.8. The molecule has 3 nitrogen and oxygen atoms in total. The second kappa shape index (κ2) is 35.5. The fourth-order valence-electron chi connectivity index (χ4n) is 4.73. The first-order valence-corrected chi connectivity index (χ1v) is 20.1. The number of aryl methyl sites for hydroxylation is 1. The zero-order valence-corrected chi connectivity index (χ0v) is 38.5. The van der Waals surface area contributed by atoms with Gasteiger partial charge in [-0.2, -0.15) is 0 Å². The molecule has 1 aromatic carbocycles. The second-order valence-corrected chi connectivity index (χ2v) is 15.3. The number of nitrogens with zero attached hydrogens (tertiary/aromatic N) is 1. The number of terminal acetylenes is 1. The molecule has 0 aliphatic heterocycles. The Morgan fingerprint density at radius 2 is 1.51 bits per heavy atom. The molecular weight excluding hydrogens is 643 g/mol. The summed E-state index contributed by atoms with van der Waals surface area (Å²) >= 11 is 0. The van der Waals surface area contributed by atoms with E-state index < -0.39 is 0 Å². The molecule has 0 unspecified atom stereocenters. The van der Waals surface area contributed by atoms with Crippen molar-refractivity contribution in [3.05, 3.63) is 107 Å². The number of rotatable bonds is 12. The molecule has 1 aliphatic carbocycles. The molecule has 1 fully saturated rings. The highest BCUT2D eigenvalue weighted by atomic mass is 14.9. The molecule has 1 aromatic rings. The predicted molar refractivity (Wildman–Crippen MR) is 249 cm³/mol. The average molecular weight is 732 g/mol. The highest BCUT2D eigenvalue weighted by Gasteiger charge is 2.23. The van der Waals surface area contributed by atoms with Gasteiger partial charge in [-0.1, -0.05) is 158 Å². The number of nitrogens with one attached hydrogen (secondary N) is 1. The topological polar surface area (TPSA) is 50.4 Å². The minimum absolute atomic E-state index is 0.0284. The third kappa shape index (κ3) is 29.6. The summed E-state index contributed by atoms with van der Waals surface area (Å²) in [6, 6.07) is 6.72. The molecule has 0 amide bonds. The summed E-state index contributed by atoms with van der Waals surface area (Å²) in [7, 11) is 0. The maximum atomic E-state index is 5.70. The molecule has 0 spiro atoms. The number of benzene rings is 1. The first-order chi connectivity index (χ1) is 24.8. The van der Waals surface area contributed by atoms with Gasteiger partial charge in [0.15, 0.2) is 0 Å². The normalized spacial score (nSPS) is 13.3. The minimum atomic E-state index is -0.0284. The van der Waals surface area contributed by atoms with E-state index in [1.165, 1.54) is 60.8 Å². The van der Waals surface area contributed by atoms with Crippen LogP contribution in [0.4, 0.5) is 0 Å². The van der Waals surface area contributed by atoms with Crippen LogP contribution in [0.3, 0.4) is 0 Å². The third-order valence-electron chi connectivity index (χ3n) is 8.91. The zero-order valence-electron chi connectivity index (χ0n) is 38.5. The number of aliphatic imine (C=N–C) groups is 1. The lowest BCUT2D eigenvalue weighted by molar-refractivity contribution is 0.319. The monoisotopic (exact) mass is 732 g/mol. The Balaban J connectivity index is -0.000000269. The van der Waals surface area contributed by atoms with Gasteiger partial charge in [-0.05, 0) is 100.0 Å². The van der Waals surface area contributed by atoms with Crippen LogP contribution in [-0.4, -0.2) is 6.21 Å². The summed E-state index contributed by atoms with van der Waals surface area (Å²) < 4.78 is 0. The van der Waals surface area contributed by atoms with Gasteiger partial charge in [0.2, 0.25) is 0 Å². The summed E-state index contributed by atoms with van der Waals surface area (Å²) in [6.45, 7) is 48.9. The first-order valence-electron chi connectivity index (χ1n) is 20.1. The van der Waals surface area contributed by atoms with E-state index in [0.717, 1.165) is 40.9 Å². The molecule has 53 heavy (non-hydrogen) atoms. The molecule has 0 heterocycles.